The maximum atomic E-state index is 12.3. The number of carbonyl (C=O) groups excluding carboxylic acids is 1. The second-order valence-electron chi connectivity index (χ2n) is 3.76. The first-order chi connectivity index (χ1) is 10.1. The van der Waals surface area contributed by atoms with Crippen molar-refractivity contribution in [3.8, 4) is 5.75 Å². The molecule has 112 valence electrons. The predicted molar refractivity (Wildman–Crippen MR) is 74.4 cm³/mol. The molecule has 1 aromatic heterocycles. The van der Waals surface area contributed by atoms with E-state index in [0.717, 1.165) is 11.3 Å². The highest BCUT2D eigenvalue weighted by atomic mass is 32.1. The molecule has 1 aromatic carbocycles. The van der Waals surface area contributed by atoms with Crippen molar-refractivity contribution in [1.29, 1.82) is 0 Å². The summed E-state index contributed by atoms with van der Waals surface area (Å²) in [4.78, 5) is 15.5. The van der Waals surface area contributed by atoms with Gasteiger partial charge in [-0.2, -0.15) is 8.78 Å². The van der Waals surface area contributed by atoms with Crippen molar-refractivity contribution in [3.63, 3.8) is 0 Å². The van der Waals surface area contributed by atoms with E-state index in [4.69, 9.17) is 4.74 Å². The van der Waals surface area contributed by atoms with Gasteiger partial charge in [-0.1, -0.05) is 12.1 Å². The van der Waals surface area contributed by atoms with Gasteiger partial charge in [0.2, 0.25) is 0 Å². The number of thiazole rings is 1. The molecule has 0 saturated heterocycles. The summed E-state index contributed by atoms with van der Waals surface area (Å²) < 4.78 is 33.8. The second kappa shape index (κ2) is 6.98. The summed E-state index contributed by atoms with van der Waals surface area (Å²) in [5.74, 6) is -0.528. The van der Waals surface area contributed by atoms with Crippen LogP contribution in [0.2, 0.25) is 0 Å². The maximum absolute atomic E-state index is 12.3. The summed E-state index contributed by atoms with van der Waals surface area (Å²) in [5, 5.41) is 4.74. The van der Waals surface area contributed by atoms with Gasteiger partial charge in [-0.15, -0.1) is 11.3 Å². The normalized spacial score (nSPS) is 10.5. The third-order valence-corrected chi connectivity index (χ3v) is 3.09. The molecular weight excluding hydrogens is 302 g/mol. The lowest BCUT2D eigenvalue weighted by molar-refractivity contribution is -0.0493. The zero-order valence-corrected chi connectivity index (χ0v) is 11.8. The van der Waals surface area contributed by atoms with Crippen LogP contribution in [-0.4, -0.2) is 24.2 Å². The molecule has 0 aliphatic heterocycles. The maximum Gasteiger partial charge on any atom is 0.387 e. The van der Waals surface area contributed by atoms with E-state index < -0.39 is 12.6 Å². The fourth-order valence-electron chi connectivity index (χ4n) is 1.51. The monoisotopic (exact) mass is 314 g/mol. The van der Waals surface area contributed by atoms with E-state index in [0.29, 0.717) is 10.8 Å². The van der Waals surface area contributed by atoms with Crippen molar-refractivity contribution in [3.05, 3.63) is 35.3 Å². The third kappa shape index (κ3) is 4.12. The van der Waals surface area contributed by atoms with Gasteiger partial charge < -0.3 is 14.8 Å². The number of ether oxygens (including phenoxy) is 2. The summed E-state index contributed by atoms with van der Waals surface area (Å²) >= 11 is 1.16. The average Bonchev–Trinajstić information content (AvgIpc) is 2.89. The van der Waals surface area contributed by atoms with Gasteiger partial charge in [0, 0.05) is 5.38 Å². The van der Waals surface area contributed by atoms with Gasteiger partial charge in [0.1, 0.15) is 5.75 Å². The van der Waals surface area contributed by atoms with Crippen LogP contribution in [0, 0.1) is 0 Å². The van der Waals surface area contributed by atoms with E-state index in [1.807, 2.05) is 0 Å². The Bertz CT molecular complexity index is 619. The number of nitrogens with one attached hydrogen (secondary N) is 1. The molecule has 0 saturated carbocycles. The number of halogens is 2. The number of benzene rings is 1. The van der Waals surface area contributed by atoms with Gasteiger partial charge in [0.25, 0.3) is 0 Å². The number of nitrogens with zero attached hydrogens (tertiary/aromatic N) is 1. The van der Waals surface area contributed by atoms with E-state index in [1.54, 1.807) is 25.1 Å². The number of hydrogen-bond acceptors (Lipinski definition) is 6. The number of hydrogen-bond donors (Lipinski definition) is 1. The molecule has 21 heavy (non-hydrogen) atoms. The first-order valence-electron chi connectivity index (χ1n) is 6.03. The summed E-state index contributed by atoms with van der Waals surface area (Å²) in [6.45, 7) is -0.967. The lowest BCUT2D eigenvalue weighted by atomic mass is 10.3. The highest BCUT2D eigenvalue weighted by Gasteiger charge is 2.14. The topological polar surface area (TPSA) is 60.5 Å². The van der Waals surface area contributed by atoms with Crippen LogP contribution in [0.25, 0.3) is 0 Å². The zero-order valence-electron chi connectivity index (χ0n) is 11.0. The fourth-order valence-corrected chi connectivity index (χ4v) is 2.21. The van der Waals surface area contributed by atoms with Crippen molar-refractivity contribution >= 4 is 28.1 Å². The molecule has 0 spiro atoms. The van der Waals surface area contributed by atoms with E-state index in [1.165, 1.54) is 11.4 Å². The SMILES string of the molecule is CCOC(=O)c1csc(Nc2ccccc2OC(F)F)n1. The number of rotatable bonds is 6. The Hall–Kier alpha value is -2.22. The van der Waals surface area contributed by atoms with Crippen molar-refractivity contribution in [2.45, 2.75) is 13.5 Å². The predicted octanol–water partition coefficient (Wildman–Crippen LogP) is 3.66. The average molecular weight is 314 g/mol. The quantitative estimate of drug-likeness (QED) is 0.824. The molecule has 0 aliphatic rings. The van der Waals surface area contributed by atoms with Crippen LogP contribution >= 0.6 is 11.3 Å². The Kier molecular flexibility index (Phi) is 5.04. The number of esters is 1. The molecule has 0 bridgehead atoms. The minimum Gasteiger partial charge on any atom is -0.461 e. The fraction of sp³-hybridized carbons (Fsp3) is 0.231. The molecule has 0 amide bonds. The lowest BCUT2D eigenvalue weighted by Gasteiger charge is -2.10. The van der Waals surface area contributed by atoms with E-state index in [9.17, 15) is 13.6 Å². The van der Waals surface area contributed by atoms with E-state index in [2.05, 4.69) is 15.0 Å². The number of para-hydroxylation sites is 2. The van der Waals surface area contributed by atoms with E-state index >= 15 is 0 Å². The van der Waals surface area contributed by atoms with Gasteiger partial charge in [-0.25, -0.2) is 9.78 Å². The summed E-state index contributed by atoms with van der Waals surface area (Å²) in [7, 11) is 0. The van der Waals surface area contributed by atoms with Crippen LogP contribution in [0.1, 0.15) is 17.4 Å². The molecule has 1 N–H and O–H groups in total. The Morgan fingerprint density at radius 3 is 2.90 bits per heavy atom. The molecule has 0 atom stereocenters. The van der Waals surface area contributed by atoms with Crippen molar-refractivity contribution in [2.75, 3.05) is 11.9 Å². The molecule has 1 heterocycles. The first-order valence-corrected chi connectivity index (χ1v) is 6.91. The molecular formula is C13H12F2N2O3S. The molecule has 0 aliphatic carbocycles. The molecule has 0 unspecified atom stereocenters. The number of carbonyl (C=O) groups is 1. The Morgan fingerprint density at radius 2 is 2.19 bits per heavy atom. The number of anilines is 2. The van der Waals surface area contributed by atoms with Crippen LogP contribution in [0.15, 0.2) is 29.6 Å². The molecule has 2 rings (SSSR count). The van der Waals surface area contributed by atoms with Gasteiger partial charge in [0.05, 0.1) is 12.3 Å². The van der Waals surface area contributed by atoms with Crippen molar-refractivity contribution in [2.24, 2.45) is 0 Å². The largest absolute Gasteiger partial charge is 0.461 e. The minimum atomic E-state index is -2.92. The van der Waals surface area contributed by atoms with Gasteiger partial charge in [-0.3, -0.25) is 0 Å². The van der Waals surface area contributed by atoms with Crippen LogP contribution in [0.3, 0.4) is 0 Å². The highest BCUT2D eigenvalue weighted by molar-refractivity contribution is 7.14. The molecule has 0 fully saturated rings. The van der Waals surface area contributed by atoms with Crippen LogP contribution < -0.4 is 10.1 Å². The first kappa shape index (κ1) is 15.2. The van der Waals surface area contributed by atoms with Gasteiger partial charge >= 0.3 is 12.6 Å². The molecule has 8 heteroatoms. The summed E-state index contributed by atoms with van der Waals surface area (Å²) in [6.07, 6.45) is 0. The van der Waals surface area contributed by atoms with E-state index in [-0.39, 0.29) is 18.1 Å². The van der Waals surface area contributed by atoms with Crippen molar-refractivity contribution < 1.29 is 23.0 Å². The lowest BCUT2D eigenvalue weighted by Crippen LogP contribution is -2.06. The third-order valence-electron chi connectivity index (χ3n) is 2.33. The van der Waals surface area contributed by atoms with Crippen molar-refractivity contribution in [1.82, 2.24) is 4.98 Å². The minimum absolute atomic E-state index is 0.000356. The zero-order chi connectivity index (χ0) is 15.2. The van der Waals surface area contributed by atoms with Crippen LogP contribution in [0.5, 0.6) is 5.75 Å². The number of aromatic nitrogens is 1. The Balaban J connectivity index is 2.13. The summed E-state index contributed by atoms with van der Waals surface area (Å²) in [6, 6.07) is 6.23. The second-order valence-corrected chi connectivity index (χ2v) is 4.62. The Labute approximate surface area is 123 Å². The summed E-state index contributed by atoms with van der Waals surface area (Å²) in [5.41, 5.74) is 0.499. The van der Waals surface area contributed by atoms with Crippen LogP contribution in [-0.2, 0) is 4.74 Å². The molecule has 2 aromatic rings. The standard InChI is InChI=1S/C13H12F2N2O3S/c1-2-19-11(18)9-7-21-13(17-9)16-8-5-3-4-6-10(8)20-12(14)15/h3-7,12H,2H2,1H3,(H,16,17). The Morgan fingerprint density at radius 1 is 1.43 bits per heavy atom. The number of alkyl halides is 2. The van der Waals surface area contributed by atoms with Gasteiger partial charge in [-0.05, 0) is 19.1 Å². The molecule has 5 nitrogen and oxygen atoms in total. The molecule has 0 radical (unpaired) electrons. The van der Waals surface area contributed by atoms with Gasteiger partial charge in [0.15, 0.2) is 10.8 Å². The smallest absolute Gasteiger partial charge is 0.387 e. The highest BCUT2D eigenvalue weighted by Crippen LogP contribution is 2.30. The van der Waals surface area contributed by atoms with Crippen LogP contribution in [0.4, 0.5) is 19.6 Å².